The Bertz CT molecular complexity index is 1110. The van der Waals surface area contributed by atoms with Crippen LogP contribution in [0.4, 0.5) is 5.69 Å². The Morgan fingerprint density at radius 1 is 1.36 bits per heavy atom. The third-order valence-electron chi connectivity index (χ3n) is 4.23. The number of aromatic nitrogens is 6. The van der Waals surface area contributed by atoms with E-state index in [1.54, 1.807) is 40.7 Å². The van der Waals surface area contributed by atoms with Gasteiger partial charge >= 0.3 is 5.69 Å². The van der Waals surface area contributed by atoms with Crippen LogP contribution in [0.1, 0.15) is 30.1 Å². The van der Waals surface area contributed by atoms with Crippen molar-refractivity contribution in [3.8, 4) is 0 Å². The molecule has 4 aromatic heterocycles. The Morgan fingerprint density at radius 3 is 2.88 bits per heavy atom. The summed E-state index contributed by atoms with van der Waals surface area (Å²) in [5, 5.41) is 22.9. The highest BCUT2D eigenvalue weighted by Gasteiger charge is 2.24. The molecule has 4 aromatic rings. The second kappa shape index (κ2) is 5.59. The number of hydrogen-bond acceptors (Lipinski definition) is 7. The molecule has 0 saturated heterocycles. The molecule has 1 atom stereocenters. The Morgan fingerprint density at radius 2 is 2.16 bits per heavy atom. The van der Waals surface area contributed by atoms with E-state index in [4.69, 9.17) is 0 Å². The molecule has 0 aliphatic carbocycles. The quantitative estimate of drug-likeness (QED) is 0.411. The van der Waals surface area contributed by atoms with E-state index in [2.05, 4.69) is 20.2 Å². The van der Waals surface area contributed by atoms with Crippen LogP contribution in [0.15, 0.2) is 17.8 Å². The maximum atomic E-state index is 11.1. The van der Waals surface area contributed by atoms with Crippen molar-refractivity contribution >= 4 is 32.9 Å². The Balaban J connectivity index is 1.69. The van der Waals surface area contributed by atoms with Crippen molar-refractivity contribution in [3.63, 3.8) is 0 Å². The van der Waals surface area contributed by atoms with Gasteiger partial charge in [0.2, 0.25) is 0 Å². The van der Waals surface area contributed by atoms with E-state index in [-0.39, 0.29) is 16.5 Å². The molecule has 128 valence electrons. The lowest BCUT2D eigenvalue weighted by Crippen LogP contribution is -2.11. The van der Waals surface area contributed by atoms with Crippen LogP contribution in [0.2, 0.25) is 0 Å². The highest BCUT2D eigenvalue weighted by molar-refractivity contribution is 7.16. The van der Waals surface area contributed by atoms with Gasteiger partial charge in [-0.05, 0) is 25.3 Å². The SMILES string of the molecule is Cc1nn(CC(C)c2nc3c4ccsc4ncn3n2)c(C)c1[N+](=O)[O-]. The molecule has 4 heterocycles. The standard InChI is InChI=1S/C15H15N7O2S/c1-8(6-20-10(3)12(22(23)24)9(2)18-20)13-17-14-11-4-5-25-15(11)16-7-21(14)19-13/h4-5,7-8H,6H2,1-3H3. The first-order valence-corrected chi connectivity index (χ1v) is 8.60. The number of rotatable bonds is 4. The predicted molar refractivity (Wildman–Crippen MR) is 92.9 cm³/mol. The summed E-state index contributed by atoms with van der Waals surface area (Å²) in [6.07, 6.45) is 1.66. The smallest absolute Gasteiger partial charge is 0.262 e. The maximum Gasteiger partial charge on any atom is 0.312 e. The molecule has 1 unspecified atom stereocenters. The number of fused-ring (bicyclic) bond motifs is 3. The zero-order valence-electron chi connectivity index (χ0n) is 13.9. The van der Waals surface area contributed by atoms with Gasteiger partial charge in [0.05, 0.1) is 16.9 Å². The molecule has 0 aromatic carbocycles. The molecule has 0 fully saturated rings. The molecule has 0 spiro atoms. The lowest BCUT2D eigenvalue weighted by atomic mass is 10.1. The van der Waals surface area contributed by atoms with Crippen molar-refractivity contribution in [2.45, 2.75) is 33.2 Å². The van der Waals surface area contributed by atoms with Crippen molar-refractivity contribution in [2.24, 2.45) is 0 Å². The first kappa shape index (κ1) is 15.6. The fourth-order valence-corrected chi connectivity index (χ4v) is 3.69. The summed E-state index contributed by atoms with van der Waals surface area (Å²) in [7, 11) is 0. The van der Waals surface area contributed by atoms with E-state index in [9.17, 15) is 10.1 Å². The largest absolute Gasteiger partial charge is 0.312 e. The Hall–Kier alpha value is -2.88. The first-order chi connectivity index (χ1) is 12.0. The van der Waals surface area contributed by atoms with E-state index < -0.39 is 0 Å². The first-order valence-electron chi connectivity index (χ1n) is 7.72. The number of thiophene rings is 1. The van der Waals surface area contributed by atoms with Crippen molar-refractivity contribution in [3.05, 3.63) is 45.1 Å². The van der Waals surface area contributed by atoms with Crippen molar-refractivity contribution in [1.29, 1.82) is 0 Å². The molecule has 0 aliphatic heterocycles. The number of nitro groups is 1. The topological polar surface area (TPSA) is 104 Å². The van der Waals surface area contributed by atoms with Gasteiger partial charge in [-0.15, -0.1) is 16.4 Å². The summed E-state index contributed by atoms with van der Waals surface area (Å²) in [4.78, 5) is 20.7. The maximum absolute atomic E-state index is 11.1. The van der Waals surface area contributed by atoms with E-state index in [0.717, 1.165) is 15.9 Å². The highest BCUT2D eigenvalue weighted by atomic mass is 32.1. The van der Waals surface area contributed by atoms with Crippen LogP contribution in [-0.2, 0) is 6.54 Å². The molecule has 0 amide bonds. The van der Waals surface area contributed by atoms with E-state index in [1.165, 1.54) is 0 Å². The molecular formula is C15H15N7O2S. The second-order valence-corrected chi connectivity index (χ2v) is 6.88. The second-order valence-electron chi connectivity index (χ2n) is 5.98. The van der Waals surface area contributed by atoms with Crippen LogP contribution in [0.3, 0.4) is 0 Å². The fraction of sp³-hybridized carbons (Fsp3) is 0.333. The van der Waals surface area contributed by atoms with Crippen LogP contribution in [0.25, 0.3) is 15.9 Å². The monoisotopic (exact) mass is 357 g/mol. The van der Waals surface area contributed by atoms with Crippen LogP contribution < -0.4 is 0 Å². The van der Waals surface area contributed by atoms with Gasteiger partial charge in [-0.1, -0.05) is 6.92 Å². The van der Waals surface area contributed by atoms with E-state index in [0.29, 0.717) is 23.8 Å². The Kier molecular flexibility index (Phi) is 3.49. The van der Waals surface area contributed by atoms with Gasteiger partial charge in [0.1, 0.15) is 22.5 Å². The average molecular weight is 357 g/mol. The van der Waals surface area contributed by atoms with Crippen LogP contribution in [0.5, 0.6) is 0 Å². The van der Waals surface area contributed by atoms with E-state index in [1.807, 2.05) is 18.4 Å². The summed E-state index contributed by atoms with van der Waals surface area (Å²) in [6.45, 7) is 5.81. The molecule has 0 radical (unpaired) electrons. The molecule has 9 nitrogen and oxygen atoms in total. The van der Waals surface area contributed by atoms with Crippen LogP contribution in [0, 0.1) is 24.0 Å². The third-order valence-corrected chi connectivity index (χ3v) is 5.05. The van der Waals surface area contributed by atoms with E-state index >= 15 is 0 Å². The van der Waals surface area contributed by atoms with Crippen molar-refractivity contribution in [1.82, 2.24) is 29.4 Å². The van der Waals surface area contributed by atoms with Crippen molar-refractivity contribution < 1.29 is 4.92 Å². The normalized spacial score (nSPS) is 12.9. The summed E-state index contributed by atoms with van der Waals surface area (Å²) >= 11 is 1.56. The van der Waals surface area contributed by atoms with Gasteiger partial charge in [0.25, 0.3) is 0 Å². The molecule has 25 heavy (non-hydrogen) atoms. The zero-order chi connectivity index (χ0) is 17.7. The van der Waals surface area contributed by atoms with Gasteiger partial charge in [0, 0.05) is 5.92 Å². The van der Waals surface area contributed by atoms with Gasteiger partial charge in [-0.2, -0.15) is 5.10 Å². The lowest BCUT2D eigenvalue weighted by Gasteiger charge is -2.08. The molecule has 4 rings (SSSR count). The van der Waals surface area contributed by atoms with Crippen LogP contribution in [-0.4, -0.2) is 34.3 Å². The van der Waals surface area contributed by atoms with Crippen molar-refractivity contribution in [2.75, 3.05) is 0 Å². The van der Waals surface area contributed by atoms with Gasteiger partial charge < -0.3 is 0 Å². The minimum atomic E-state index is -0.388. The average Bonchev–Trinajstić information content (AvgIpc) is 3.24. The summed E-state index contributed by atoms with van der Waals surface area (Å²) in [5.41, 5.74) is 1.80. The van der Waals surface area contributed by atoms with Gasteiger partial charge in [0.15, 0.2) is 11.5 Å². The minimum absolute atomic E-state index is 0.0498. The minimum Gasteiger partial charge on any atom is -0.262 e. The zero-order valence-corrected chi connectivity index (χ0v) is 14.7. The summed E-state index contributed by atoms with van der Waals surface area (Å²) in [6, 6.07) is 1.98. The molecular weight excluding hydrogens is 342 g/mol. The van der Waals surface area contributed by atoms with Crippen LogP contribution >= 0.6 is 11.3 Å². The summed E-state index contributed by atoms with van der Waals surface area (Å²) in [5.74, 6) is 0.613. The molecule has 0 saturated carbocycles. The predicted octanol–water partition coefficient (Wildman–Crippen LogP) is 2.86. The highest BCUT2D eigenvalue weighted by Crippen LogP contribution is 2.26. The fourth-order valence-electron chi connectivity index (χ4n) is 2.96. The Labute approximate surface area is 146 Å². The molecule has 0 aliphatic rings. The summed E-state index contributed by atoms with van der Waals surface area (Å²) < 4.78 is 3.33. The van der Waals surface area contributed by atoms with Gasteiger partial charge in [-0.25, -0.2) is 14.5 Å². The number of hydrogen-bond donors (Lipinski definition) is 0. The third kappa shape index (κ3) is 2.45. The molecule has 10 heteroatoms. The molecule has 0 N–H and O–H groups in total. The lowest BCUT2D eigenvalue weighted by molar-refractivity contribution is -0.386. The van der Waals surface area contributed by atoms with Gasteiger partial charge in [-0.3, -0.25) is 14.8 Å². The number of nitrogens with zero attached hydrogens (tertiary/aromatic N) is 7. The number of aryl methyl sites for hydroxylation is 1. The molecule has 0 bridgehead atoms.